The Kier molecular flexibility index (Phi) is 6.21. The van der Waals surface area contributed by atoms with Crippen LogP contribution in [-0.4, -0.2) is 44.9 Å². The minimum atomic E-state index is -0.168. The summed E-state index contributed by atoms with van der Waals surface area (Å²) in [6, 6.07) is 17.2. The molecule has 7 nitrogen and oxygen atoms in total. The van der Waals surface area contributed by atoms with Crippen molar-refractivity contribution in [3.05, 3.63) is 76.5 Å². The predicted octanol–water partition coefficient (Wildman–Crippen LogP) is 2.92. The van der Waals surface area contributed by atoms with E-state index in [0.717, 1.165) is 42.2 Å². The van der Waals surface area contributed by atoms with Gasteiger partial charge >= 0.3 is 5.69 Å². The van der Waals surface area contributed by atoms with Gasteiger partial charge in [-0.3, -0.25) is 4.79 Å². The van der Waals surface area contributed by atoms with Crippen LogP contribution in [0.4, 0.5) is 0 Å². The molecule has 7 heteroatoms. The highest BCUT2D eigenvalue weighted by atomic mass is 16.5. The predicted molar refractivity (Wildman–Crippen MR) is 119 cm³/mol. The summed E-state index contributed by atoms with van der Waals surface area (Å²) in [5, 5.41) is 4.53. The third-order valence-corrected chi connectivity index (χ3v) is 5.69. The maximum Gasteiger partial charge on any atom is 0.350 e. The van der Waals surface area contributed by atoms with Gasteiger partial charge in [0.2, 0.25) is 5.91 Å². The Hall–Kier alpha value is -3.35. The van der Waals surface area contributed by atoms with Crippen LogP contribution in [0, 0.1) is 0 Å². The largest absolute Gasteiger partial charge is 0.494 e. The molecule has 0 spiro atoms. The van der Waals surface area contributed by atoms with Crippen LogP contribution in [0.1, 0.15) is 37.1 Å². The summed E-state index contributed by atoms with van der Waals surface area (Å²) in [6.07, 6.45) is 2.14. The van der Waals surface area contributed by atoms with Crippen molar-refractivity contribution in [2.75, 3.05) is 19.7 Å². The SMILES string of the molecule is CCOc1ccc(CC(=O)N2CCCC(c3nn(C)c(=O)n3-c3ccccc3)C2)cc1. The first kappa shape index (κ1) is 20.9. The molecule has 1 amide bonds. The smallest absolute Gasteiger partial charge is 0.350 e. The molecule has 162 valence electrons. The Morgan fingerprint density at radius 3 is 2.58 bits per heavy atom. The molecule has 2 heterocycles. The van der Waals surface area contributed by atoms with Crippen LogP contribution in [0.25, 0.3) is 5.69 Å². The quantitative estimate of drug-likeness (QED) is 0.615. The van der Waals surface area contributed by atoms with Crippen molar-refractivity contribution < 1.29 is 9.53 Å². The van der Waals surface area contributed by atoms with E-state index in [1.807, 2.05) is 66.4 Å². The zero-order valence-corrected chi connectivity index (χ0v) is 18.0. The molecular weight excluding hydrogens is 392 g/mol. The van der Waals surface area contributed by atoms with E-state index in [2.05, 4.69) is 5.10 Å². The van der Waals surface area contributed by atoms with Gasteiger partial charge in [-0.25, -0.2) is 14.0 Å². The van der Waals surface area contributed by atoms with Gasteiger partial charge in [-0.2, -0.15) is 5.10 Å². The van der Waals surface area contributed by atoms with Gasteiger partial charge in [-0.05, 0) is 49.6 Å². The number of ether oxygens (including phenoxy) is 1. The Morgan fingerprint density at radius 2 is 1.87 bits per heavy atom. The molecule has 1 atom stereocenters. The Bertz CT molecular complexity index is 1090. The molecule has 1 saturated heterocycles. The van der Waals surface area contributed by atoms with Gasteiger partial charge < -0.3 is 9.64 Å². The van der Waals surface area contributed by atoms with Crippen molar-refractivity contribution in [1.82, 2.24) is 19.2 Å². The normalized spacial score (nSPS) is 16.3. The van der Waals surface area contributed by atoms with E-state index in [9.17, 15) is 9.59 Å². The lowest BCUT2D eigenvalue weighted by atomic mass is 9.96. The van der Waals surface area contributed by atoms with E-state index in [1.54, 1.807) is 11.6 Å². The summed E-state index contributed by atoms with van der Waals surface area (Å²) >= 11 is 0. The molecule has 0 bridgehead atoms. The molecule has 4 rings (SSSR count). The zero-order chi connectivity index (χ0) is 21.8. The number of hydrogen-bond donors (Lipinski definition) is 0. The number of piperidine rings is 1. The van der Waals surface area contributed by atoms with Crippen LogP contribution in [0.5, 0.6) is 5.75 Å². The van der Waals surface area contributed by atoms with Crippen LogP contribution in [0.3, 0.4) is 0 Å². The Labute approximate surface area is 181 Å². The number of aryl methyl sites for hydroxylation is 1. The fourth-order valence-electron chi connectivity index (χ4n) is 4.14. The molecule has 0 aliphatic carbocycles. The summed E-state index contributed by atoms with van der Waals surface area (Å²) in [5.74, 6) is 1.65. The first-order valence-electron chi connectivity index (χ1n) is 10.8. The average Bonchev–Trinajstić information content (AvgIpc) is 3.10. The van der Waals surface area contributed by atoms with Crippen molar-refractivity contribution in [3.8, 4) is 11.4 Å². The minimum Gasteiger partial charge on any atom is -0.494 e. The van der Waals surface area contributed by atoms with Crippen molar-refractivity contribution in [3.63, 3.8) is 0 Å². The highest BCUT2D eigenvalue weighted by Gasteiger charge is 2.29. The second-order valence-electron chi connectivity index (χ2n) is 7.87. The molecule has 1 unspecified atom stereocenters. The standard InChI is InChI=1S/C24H28N4O3/c1-3-31-21-13-11-18(12-14-21)16-22(29)27-15-7-8-19(17-27)23-25-26(2)24(30)28(23)20-9-5-4-6-10-20/h4-6,9-14,19H,3,7-8,15-17H2,1-2H3. The minimum absolute atomic E-state index is 0.0205. The lowest BCUT2D eigenvalue weighted by molar-refractivity contribution is -0.131. The van der Waals surface area contributed by atoms with Crippen LogP contribution in [-0.2, 0) is 18.3 Å². The first-order chi connectivity index (χ1) is 15.1. The summed E-state index contributed by atoms with van der Waals surface area (Å²) in [5.41, 5.74) is 1.60. The number of nitrogens with zero attached hydrogens (tertiary/aromatic N) is 4. The molecule has 1 aliphatic rings. The second-order valence-corrected chi connectivity index (χ2v) is 7.87. The van der Waals surface area contributed by atoms with Crippen molar-refractivity contribution in [1.29, 1.82) is 0 Å². The summed E-state index contributed by atoms with van der Waals surface area (Å²) < 4.78 is 8.52. The van der Waals surface area contributed by atoms with Gasteiger partial charge in [0, 0.05) is 26.1 Å². The molecule has 31 heavy (non-hydrogen) atoms. The lowest BCUT2D eigenvalue weighted by Gasteiger charge is -2.32. The van der Waals surface area contributed by atoms with Gasteiger partial charge in [-0.1, -0.05) is 30.3 Å². The maximum absolute atomic E-state index is 13.0. The van der Waals surface area contributed by atoms with Gasteiger partial charge in [0.1, 0.15) is 11.6 Å². The van der Waals surface area contributed by atoms with Crippen LogP contribution in [0.15, 0.2) is 59.4 Å². The van der Waals surface area contributed by atoms with Crippen molar-refractivity contribution in [2.24, 2.45) is 7.05 Å². The molecule has 0 radical (unpaired) electrons. The van der Waals surface area contributed by atoms with Crippen LogP contribution in [0.2, 0.25) is 0 Å². The lowest BCUT2D eigenvalue weighted by Crippen LogP contribution is -2.40. The number of aromatic nitrogens is 3. The highest BCUT2D eigenvalue weighted by Crippen LogP contribution is 2.27. The number of hydrogen-bond acceptors (Lipinski definition) is 4. The molecule has 1 aromatic heterocycles. The number of likely N-dealkylation sites (tertiary alicyclic amines) is 1. The monoisotopic (exact) mass is 420 g/mol. The number of para-hydroxylation sites is 1. The third kappa shape index (κ3) is 4.55. The number of carbonyl (C=O) groups excluding carboxylic acids is 1. The van der Waals surface area contributed by atoms with E-state index in [0.29, 0.717) is 19.6 Å². The molecule has 3 aromatic rings. The van der Waals surface area contributed by atoms with E-state index in [-0.39, 0.29) is 17.5 Å². The summed E-state index contributed by atoms with van der Waals surface area (Å²) in [7, 11) is 1.67. The topological polar surface area (TPSA) is 69.4 Å². The molecule has 1 aliphatic heterocycles. The van der Waals surface area contributed by atoms with Crippen LogP contribution >= 0.6 is 0 Å². The second kappa shape index (κ2) is 9.20. The maximum atomic E-state index is 13.0. The zero-order valence-electron chi connectivity index (χ0n) is 18.0. The molecule has 1 fully saturated rings. The third-order valence-electron chi connectivity index (χ3n) is 5.69. The van der Waals surface area contributed by atoms with Crippen LogP contribution < -0.4 is 10.4 Å². The number of carbonyl (C=O) groups is 1. The van der Waals surface area contributed by atoms with Gasteiger partial charge in [-0.15, -0.1) is 0 Å². The first-order valence-corrected chi connectivity index (χ1v) is 10.8. The van der Waals surface area contributed by atoms with Gasteiger partial charge in [0.05, 0.1) is 18.7 Å². The number of amides is 1. The van der Waals surface area contributed by atoms with E-state index < -0.39 is 0 Å². The fourth-order valence-corrected chi connectivity index (χ4v) is 4.14. The van der Waals surface area contributed by atoms with Crippen molar-refractivity contribution in [2.45, 2.75) is 32.1 Å². The van der Waals surface area contributed by atoms with Crippen molar-refractivity contribution >= 4 is 5.91 Å². The fraction of sp³-hybridized carbons (Fsp3) is 0.375. The van der Waals surface area contributed by atoms with Gasteiger partial charge in [0.15, 0.2) is 0 Å². The summed E-state index contributed by atoms with van der Waals surface area (Å²) in [6.45, 7) is 3.87. The van der Waals surface area contributed by atoms with E-state index >= 15 is 0 Å². The molecule has 0 saturated carbocycles. The molecule has 2 aromatic carbocycles. The number of benzene rings is 2. The highest BCUT2D eigenvalue weighted by molar-refractivity contribution is 5.79. The average molecular weight is 421 g/mol. The Balaban J connectivity index is 1.51. The van der Waals surface area contributed by atoms with E-state index in [4.69, 9.17) is 4.74 Å². The van der Waals surface area contributed by atoms with Gasteiger partial charge in [0.25, 0.3) is 0 Å². The number of rotatable bonds is 6. The Morgan fingerprint density at radius 1 is 1.13 bits per heavy atom. The molecule has 0 N–H and O–H groups in total. The van der Waals surface area contributed by atoms with E-state index in [1.165, 1.54) is 4.68 Å². The summed E-state index contributed by atoms with van der Waals surface area (Å²) in [4.78, 5) is 27.6. The molecular formula is C24H28N4O3.